The van der Waals surface area contributed by atoms with Gasteiger partial charge in [-0.1, -0.05) is 29.4 Å². The van der Waals surface area contributed by atoms with E-state index >= 15 is 0 Å². The van der Waals surface area contributed by atoms with Crippen LogP contribution in [0.25, 0.3) is 0 Å². The van der Waals surface area contributed by atoms with Gasteiger partial charge in [-0.3, -0.25) is 14.5 Å². The van der Waals surface area contributed by atoms with Crippen molar-refractivity contribution in [1.82, 2.24) is 24.8 Å². The van der Waals surface area contributed by atoms with Gasteiger partial charge in [0.05, 0.1) is 6.54 Å². The van der Waals surface area contributed by atoms with Crippen LogP contribution in [0, 0.1) is 18.8 Å². The lowest BCUT2D eigenvalue weighted by molar-refractivity contribution is -0.166. The molecule has 1 aromatic heterocycles. The van der Waals surface area contributed by atoms with Crippen molar-refractivity contribution in [2.75, 3.05) is 13.1 Å². The van der Waals surface area contributed by atoms with E-state index in [0.717, 1.165) is 32.4 Å². The average Bonchev–Trinajstić information content (AvgIpc) is 3.40. The standard InChI is InChI=1S/C24H29N5O3/c1-15-25-21(32-26-15)14-27-10-18-9-19(11-27)23(29-20(18)7-4-8-22(29)30)24(31)28-12-16-5-2-3-6-17(16)13-28/h2-3,5-6,18-20,23H,4,7-14H2,1H3/t18-,19+,20-,23+/m0/s1. The highest BCUT2D eigenvalue weighted by atomic mass is 16.5. The topological polar surface area (TPSA) is 82.8 Å². The van der Waals surface area contributed by atoms with Crippen LogP contribution in [-0.4, -0.2) is 61.8 Å². The number of aryl methyl sites for hydroxylation is 1. The van der Waals surface area contributed by atoms with E-state index in [1.54, 1.807) is 0 Å². The van der Waals surface area contributed by atoms with Crippen molar-refractivity contribution >= 4 is 11.8 Å². The zero-order valence-electron chi connectivity index (χ0n) is 18.4. The number of fused-ring (bicyclic) bond motifs is 5. The van der Waals surface area contributed by atoms with Crippen LogP contribution in [0.1, 0.15) is 48.5 Å². The van der Waals surface area contributed by atoms with Crippen molar-refractivity contribution < 1.29 is 14.1 Å². The lowest BCUT2D eigenvalue weighted by Gasteiger charge is -2.56. The van der Waals surface area contributed by atoms with Gasteiger partial charge in [-0.15, -0.1) is 0 Å². The summed E-state index contributed by atoms with van der Waals surface area (Å²) >= 11 is 0. The van der Waals surface area contributed by atoms with E-state index in [-0.39, 0.29) is 29.8 Å². The second-order valence-corrected chi connectivity index (χ2v) is 9.85. The Morgan fingerprint density at radius 2 is 1.91 bits per heavy atom. The van der Waals surface area contributed by atoms with Crippen molar-refractivity contribution in [2.24, 2.45) is 11.8 Å². The molecule has 0 N–H and O–H groups in total. The maximum absolute atomic E-state index is 13.9. The summed E-state index contributed by atoms with van der Waals surface area (Å²) < 4.78 is 5.36. The monoisotopic (exact) mass is 435 g/mol. The molecular formula is C24H29N5O3. The zero-order chi connectivity index (χ0) is 21.8. The number of rotatable bonds is 3. The van der Waals surface area contributed by atoms with Crippen LogP contribution in [-0.2, 0) is 29.2 Å². The third-order valence-electron chi connectivity index (χ3n) is 7.75. The van der Waals surface area contributed by atoms with Crippen LogP contribution in [0.4, 0.5) is 0 Å². The predicted octanol–water partition coefficient (Wildman–Crippen LogP) is 2.12. The van der Waals surface area contributed by atoms with Crippen LogP contribution in [0.2, 0.25) is 0 Å². The van der Waals surface area contributed by atoms with Crippen molar-refractivity contribution in [2.45, 2.75) is 64.3 Å². The molecule has 2 amide bonds. The molecule has 0 radical (unpaired) electrons. The summed E-state index contributed by atoms with van der Waals surface area (Å²) in [5, 5.41) is 3.92. The predicted molar refractivity (Wildman–Crippen MR) is 115 cm³/mol. The number of hydrogen-bond donors (Lipinski definition) is 0. The van der Waals surface area contributed by atoms with Crippen LogP contribution in [0.5, 0.6) is 0 Å². The first-order valence-corrected chi connectivity index (χ1v) is 11.7. The van der Waals surface area contributed by atoms with Crippen LogP contribution in [0.3, 0.4) is 0 Å². The van der Waals surface area contributed by atoms with E-state index in [9.17, 15) is 9.59 Å². The maximum atomic E-state index is 13.9. The Hall–Kier alpha value is -2.74. The third-order valence-corrected chi connectivity index (χ3v) is 7.75. The smallest absolute Gasteiger partial charge is 0.246 e. The van der Waals surface area contributed by atoms with Crippen molar-refractivity contribution in [3.05, 3.63) is 47.1 Å². The average molecular weight is 436 g/mol. The van der Waals surface area contributed by atoms with E-state index in [0.29, 0.717) is 43.7 Å². The minimum atomic E-state index is -0.370. The van der Waals surface area contributed by atoms with Crippen LogP contribution < -0.4 is 0 Å². The van der Waals surface area contributed by atoms with E-state index in [2.05, 4.69) is 27.2 Å². The number of carbonyl (C=O) groups is 2. The van der Waals surface area contributed by atoms with Crippen molar-refractivity contribution in [3.63, 3.8) is 0 Å². The molecule has 1 aromatic carbocycles. The first kappa shape index (κ1) is 19.9. The molecular weight excluding hydrogens is 406 g/mol. The molecule has 0 saturated carbocycles. The summed E-state index contributed by atoms with van der Waals surface area (Å²) in [6.07, 6.45) is 3.47. The molecule has 6 rings (SSSR count). The number of aromatic nitrogens is 2. The van der Waals surface area contributed by atoms with Gasteiger partial charge >= 0.3 is 0 Å². The fraction of sp³-hybridized carbons (Fsp3) is 0.583. The van der Waals surface area contributed by atoms with Gasteiger partial charge in [0.15, 0.2) is 5.82 Å². The molecule has 8 heteroatoms. The number of piperidine rings is 3. The molecule has 4 aliphatic rings. The van der Waals surface area contributed by atoms with Gasteiger partial charge in [0, 0.05) is 44.6 Å². The number of carbonyl (C=O) groups excluding carboxylic acids is 2. The summed E-state index contributed by atoms with van der Waals surface area (Å²) in [6.45, 7) is 5.38. The summed E-state index contributed by atoms with van der Waals surface area (Å²) in [5.41, 5.74) is 2.43. The molecule has 5 heterocycles. The Balaban J connectivity index is 1.28. The van der Waals surface area contributed by atoms with Gasteiger partial charge in [-0.25, -0.2) is 0 Å². The summed E-state index contributed by atoms with van der Waals surface area (Å²) in [7, 11) is 0. The molecule has 8 nitrogen and oxygen atoms in total. The summed E-state index contributed by atoms with van der Waals surface area (Å²) in [5.74, 6) is 2.06. The van der Waals surface area contributed by atoms with Crippen LogP contribution >= 0.6 is 0 Å². The number of benzene rings is 1. The second-order valence-electron chi connectivity index (χ2n) is 9.85. The molecule has 32 heavy (non-hydrogen) atoms. The lowest BCUT2D eigenvalue weighted by atomic mass is 9.71. The zero-order valence-corrected chi connectivity index (χ0v) is 18.4. The molecule has 2 aromatic rings. The summed E-state index contributed by atoms with van der Waals surface area (Å²) in [6, 6.07) is 8.04. The van der Waals surface area contributed by atoms with E-state index < -0.39 is 0 Å². The van der Waals surface area contributed by atoms with Crippen molar-refractivity contribution in [3.8, 4) is 0 Å². The molecule has 4 aliphatic heterocycles. The van der Waals surface area contributed by atoms with E-state index in [1.165, 1.54) is 11.1 Å². The number of likely N-dealkylation sites (tertiary alicyclic amines) is 1. The maximum Gasteiger partial charge on any atom is 0.246 e. The lowest BCUT2D eigenvalue weighted by Crippen LogP contribution is -2.68. The Labute approximate surface area is 187 Å². The highest BCUT2D eigenvalue weighted by Gasteiger charge is 2.53. The highest BCUT2D eigenvalue weighted by molar-refractivity contribution is 5.89. The molecule has 0 aliphatic carbocycles. The molecule has 0 spiro atoms. The number of hydrogen-bond acceptors (Lipinski definition) is 6. The largest absolute Gasteiger partial charge is 0.338 e. The van der Waals surface area contributed by atoms with Gasteiger partial charge in [0.2, 0.25) is 17.7 Å². The SMILES string of the molecule is Cc1noc(CN2C[C@@H]3C[C@H](C2)[C@H](C(=O)N2Cc4ccccc4C2)N2C(=O)CCC[C@@H]32)n1. The Morgan fingerprint density at radius 1 is 1.16 bits per heavy atom. The van der Waals surface area contributed by atoms with Gasteiger partial charge in [0.1, 0.15) is 6.04 Å². The van der Waals surface area contributed by atoms with E-state index in [1.807, 2.05) is 28.9 Å². The Bertz CT molecular complexity index is 1030. The van der Waals surface area contributed by atoms with Gasteiger partial charge in [0.25, 0.3) is 0 Å². The Kier molecular flexibility index (Phi) is 4.78. The fourth-order valence-electron chi connectivity index (χ4n) is 6.47. The number of amides is 2. The van der Waals surface area contributed by atoms with Crippen LogP contribution in [0.15, 0.2) is 28.8 Å². The van der Waals surface area contributed by atoms with E-state index in [4.69, 9.17) is 4.52 Å². The highest BCUT2D eigenvalue weighted by Crippen LogP contribution is 2.43. The first-order valence-electron chi connectivity index (χ1n) is 11.7. The third kappa shape index (κ3) is 3.32. The first-order chi connectivity index (χ1) is 15.6. The van der Waals surface area contributed by atoms with Gasteiger partial charge < -0.3 is 14.3 Å². The van der Waals surface area contributed by atoms with Gasteiger partial charge in [-0.2, -0.15) is 4.98 Å². The molecule has 168 valence electrons. The molecule has 0 unspecified atom stereocenters. The quantitative estimate of drug-likeness (QED) is 0.735. The van der Waals surface area contributed by atoms with Crippen molar-refractivity contribution in [1.29, 1.82) is 0 Å². The molecule has 3 saturated heterocycles. The minimum Gasteiger partial charge on any atom is -0.338 e. The number of nitrogens with zero attached hydrogens (tertiary/aromatic N) is 5. The Morgan fingerprint density at radius 3 is 2.62 bits per heavy atom. The molecule has 4 atom stereocenters. The van der Waals surface area contributed by atoms with Gasteiger partial charge in [-0.05, 0) is 43.2 Å². The summed E-state index contributed by atoms with van der Waals surface area (Å²) in [4.78, 5) is 37.7. The molecule has 2 bridgehead atoms. The normalized spacial score (nSPS) is 29.7. The second kappa shape index (κ2) is 7.69. The molecule has 3 fully saturated rings. The minimum absolute atomic E-state index is 0.111. The fourth-order valence-corrected chi connectivity index (χ4v) is 6.47.